The standard InChI is InChI=1S/C29H34N5O10P/c1-5-23(35)41-26-25(22-13-12-21-20(31)14-15-32-34(21)22)43-29(16-30,27(26)42-24(36)6-2)17-40-45(38,33-18(3)28(37)39-4)44-19-10-8-7-9-11-19/h7-15,18,25-27H,5-6,17,31H2,1-4H3,(H,33,38)/t18-,25-,26-,27-,29+,45?/m0/s1. The Balaban J connectivity index is 1.78. The first-order valence-electron chi connectivity index (χ1n) is 14.0. The molecule has 0 bridgehead atoms. The van der Waals surface area contributed by atoms with Gasteiger partial charge in [-0.25, -0.2) is 9.08 Å². The van der Waals surface area contributed by atoms with Crippen LogP contribution in [0.1, 0.15) is 45.4 Å². The predicted molar refractivity (Wildman–Crippen MR) is 157 cm³/mol. The Hall–Kier alpha value is -4.48. The lowest BCUT2D eigenvalue weighted by atomic mass is 9.95. The zero-order chi connectivity index (χ0) is 32.8. The maximum atomic E-state index is 14.1. The zero-order valence-corrected chi connectivity index (χ0v) is 26.0. The molecule has 0 spiro atoms. The van der Waals surface area contributed by atoms with E-state index < -0.39 is 62.2 Å². The summed E-state index contributed by atoms with van der Waals surface area (Å²) < 4.78 is 49.4. The SMILES string of the molecule is CCC(=O)O[C@H]1[C@H](c2ccc3c(N)ccnn23)O[C@](C#N)(COP(=O)(N[C@@H](C)C(=O)OC)Oc2ccccc2)[C@H]1OC(=O)CC. The Labute approximate surface area is 259 Å². The van der Waals surface area contributed by atoms with Gasteiger partial charge in [0.2, 0.25) is 5.60 Å². The Morgan fingerprint density at radius 3 is 2.47 bits per heavy atom. The second-order valence-corrected chi connectivity index (χ2v) is 11.7. The summed E-state index contributed by atoms with van der Waals surface area (Å²) in [5, 5.41) is 17.4. The number of benzene rings is 1. The zero-order valence-electron chi connectivity index (χ0n) is 25.1. The summed E-state index contributed by atoms with van der Waals surface area (Å²) in [7, 11) is -3.33. The topological polar surface area (TPSA) is 203 Å². The third kappa shape index (κ3) is 7.26. The molecule has 1 aliphatic rings. The second kappa shape index (κ2) is 14.1. The summed E-state index contributed by atoms with van der Waals surface area (Å²) in [4.78, 5) is 37.5. The summed E-state index contributed by atoms with van der Waals surface area (Å²) in [6, 6.07) is 13.7. The van der Waals surface area contributed by atoms with Gasteiger partial charge in [-0.3, -0.25) is 18.9 Å². The van der Waals surface area contributed by atoms with E-state index in [4.69, 9.17) is 33.7 Å². The summed E-state index contributed by atoms with van der Waals surface area (Å²) in [5.41, 5.74) is 5.13. The molecule has 15 nitrogen and oxygen atoms in total. The van der Waals surface area contributed by atoms with E-state index >= 15 is 0 Å². The fraction of sp³-hybridized carbons (Fsp3) is 0.414. The molecule has 0 aliphatic carbocycles. The van der Waals surface area contributed by atoms with Crippen molar-refractivity contribution in [2.24, 2.45) is 0 Å². The first-order chi connectivity index (χ1) is 21.5. The molecule has 1 fully saturated rings. The summed E-state index contributed by atoms with van der Waals surface area (Å²) in [6.45, 7) is 3.66. The minimum atomic E-state index is -4.48. The highest BCUT2D eigenvalue weighted by atomic mass is 31.2. The number of carbonyl (C=O) groups excluding carboxylic acids is 3. The lowest BCUT2D eigenvalue weighted by molar-refractivity contribution is -0.169. The number of fused-ring (bicyclic) bond motifs is 1. The van der Waals surface area contributed by atoms with Gasteiger partial charge in [0.25, 0.3) is 0 Å². The number of nitriles is 1. The predicted octanol–water partition coefficient (Wildman–Crippen LogP) is 3.25. The molecule has 1 aliphatic heterocycles. The highest BCUT2D eigenvalue weighted by Gasteiger charge is 2.62. The Morgan fingerprint density at radius 1 is 1.13 bits per heavy atom. The number of aromatic nitrogens is 2. The molecule has 16 heteroatoms. The van der Waals surface area contributed by atoms with Crippen LogP contribution in [0.2, 0.25) is 0 Å². The maximum Gasteiger partial charge on any atom is 0.459 e. The summed E-state index contributed by atoms with van der Waals surface area (Å²) in [5.74, 6) is -2.05. The van der Waals surface area contributed by atoms with E-state index in [1.54, 1.807) is 50.2 Å². The van der Waals surface area contributed by atoms with Gasteiger partial charge in [-0.1, -0.05) is 32.0 Å². The van der Waals surface area contributed by atoms with Gasteiger partial charge in [0.15, 0.2) is 12.2 Å². The van der Waals surface area contributed by atoms with Crippen molar-refractivity contribution in [2.45, 2.75) is 63.6 Å². The number of para-hydroxylation sites is 1. The van der Waals surface area contributed by atoms with Gasteiger partial charge in [-0.15, -0.1) is 0 Å². The van der Waals surface area contributed by atoms with Crippen molar-refractivity contribution in [2.75, 3.05) is 19.5 Å². The van der Waals surface area contributed by atoms with Crippen molar-refractivity contribution in [1.82, 2.24) is 14.7 Å². The van der Waals surface area contributed by atoms with E-state index in [1.807, 2.05) is 6.07 Å². The third-order valence-corrected chi connectivity index (χ3v) is 8.54. The quantitative estimate of drug-likeness (QED) is 0.156. The lowest BCUT2D eigenvalue weighted by Crippen LogP contribution is -2.49. The molecule has 1 saturated heterocycles. The highest BCUT2D eigenvalue weighted by Crippen LogP contribution is 2.50. The number of nitrogens with two attached hydrogens (primary N) is 1. The highest BCUT2D eigenvalue weighted by molar-refractivity contribution is 7.52. The molecule has 2 aromatic heterocycles. The molecule has 0 saturated carbocycles. The molecule has 0 radical (unpaired) electrons. The van der Waals surface area contributed by atoms with Gasteiger partial charge in [0.1, 0.15) is 30.6 Å². The number of nitrogens with one attached hydrogen (secondary N) is 1. The van der Waals surface area contributed by atoms with Gasteiger partial charge in [0.05, 0.1) is 24.0 Å². The number of nitrogen functional groups attached to an aromatic ring is 1. The van der Waals surface area contributed by atoms with Crippen LogP contribution < -0.4 is 15.3 Å². The average molecular weight is 644 g/mol. The average Bonchev–Trinajstić information content (AvgIpc) is 3.60. The summed E-state index contributed by atoms with van der Waals surface area (Å²) >= 11 is 0. The van der Waals surface area contributed by atoms with Crippen molar-refractivity contribution in [3.05, 3.63) is 60.4 Å². The van der Waals surface area contributed by atoms with Crippen LogP contribution in [-0.4, -0.2) is 65.1 Å². The Morgan fingerprint density at radius 2 is 1.82 bits per heavy atom. The molecule has 3 aromatic rings. The van der Waals surface area contributed by atoms with Gasteiger partial charge in [-0.2, -0.15) is 15.4 Å². The minimum absolute atomic E-state index is 0.0384. The smallest absolute Gasteiger partial charge is 0.459 e. The van der Waals surface area contributed by atoms with Gasteiger partial charge in [0, 0.05) is 19.0 Å². The normalized spacial score (nSPS) is 23.0. The third-order valence-electron chi connectivity index (χ3n) is 6.92. The van der Waals surface area contributed by atoms with Crippen LogP contribution in [-0.2, 0) is 42.4 Å². The van der Waals surface area contributed by atoms with Crippen molar-refractivity contribution in [3.8, 4) is 11.8 Å². The molecule has 45 heavy (non-hydrogen) atoms. The van der Waals surface area contributed by atoms with Gasteiger partial charge >= 0.3 is 25.7 Å². The van der Waals surface area contributed by atoms with Crippen LogP contribution in [0.15, 0.2) is 54.7 Å². The second-order valence-electron chi connectivity index (χ2n) is 10.0. The van der Waals surface area contributed by atoms with Crippen molar-refractivity contribution >= 4 is 36.9 Å². The number of methoxy groups -OCH3 is 1. The lowest BCUT2D eigenvalue weighted by Gasteiger charge is -2.30. The molecule has 4 rings (SSSR count). The van der Waals surface area contributed by atoms with Crippen LogP contribution in [0.4, 0.5) is 5.69 Å². The van der Waals surface area contributed by atoms with E-state index in [0.29, 0.717) is 16.9 Å². The number of carbonyl (C=O) groups is 3. The number of anilines is 1. The molecular weight excluding hydrogens is 609 g/mol. The van der Waals surface area contributed by atoms with Crippen molar-refractivity contribution in [1.29, 1.82) is 5.26 Å². The molecular formula is C29H34N5O10P. The number of esters is 3. The van der Waals surface area contributed by atoms with E-state index in [1.165, 1.54) is 29.8 Å². The monoisotopic (exact) mass is 643 g/mol. The molecule has 1 aromatic carbocycles. The van der Waals surface area contributed by atoms with Crippen molar-refractivity contribution in [3.63, 3.8) is 0 Å². The number of nitrogens with zero attached hydrogens (tertiary/aromatic N) is 3. The number of hydrogen-bond acceptors (Lipinski definition) is 13. The first kappa shape index (κ1) is 33.4. The largest absolute Gasteiger partial charge is 0.468 e. The summed E-state index contributed by atoms with van der Waals surface area (Å²) in [6.07, 6.45) is -2.83. The van der Waals surface area contributed by atoms with Crippen LogP contribution in [0, 0.1) is 11.3 Å². The van der Waals surface area contributed by atoms with Crippen LogP contribution in [0.25, 0.3) is 5.52 Å². The fourth-order valence-corrected chi connectivity index (χ4v) is 6.15. The van der Waals surface area contributed by atoms with Crippen LogP contribution >= 0.6 is 7.75 Å². The Kier molecular flexibility index (Phi) is 10.5. The fourth-order valence-electron chi connectivity index (χ4n) is 4.63. The Bertz CT molecular complexity index is 1630. The molecule has 0 amide bonds. The van der Waals surface area contributed by atoms with Crippen molar-refractivity contribution < 1.29 is 46.9 Å². The molecule has 1 unspecified atom stereocenters. The number of rotatable bonds is 13. The van der Waals surface area contributed by atoms with Crippen LogP contribution in [0.3, 0.4) is 0 Å². The molecule has 240 valence electrons. The molecule has 6 atom stereocenters. The minimum Gasteiger partial charge on any atom is -0.468 e. The number of ether oxygens (including phenoxy) is 4. The first-order valence-corrected chi connectivity index (χ1v) is 15.6. The van der Waals surface area contributed by atoms with Crippen LogP contribution in [0.5, 0.6) is 5.75 Å². The van der Waals surface area contributed by atoms with E-state index in [2.05, 4.69) is 10.2 Å². The van der Waals surface area contributed by atoms with E-state index in [-0.39, 0.29) is 18.6 Å². The molecule has 3 N–H and O–H groups in total. The van der Waals surface area contributed by atoms with E-state index in [0.717, 1.165) is 7.11 Å². The van der Waals surface area contributed by atoms with Gasteiger partial charge in [-0.05, 0) is 37.3 Å². The number of hydrogen-bond donors (Lipinski definition) is 2. The maximum absolute atomic E-state index is 14.1. The van der Waals surface area contributed by atoms with E-state index in [9.17, 15) is 24.2 Å². The van der Waals surface area contributed by atoms with Gasteiger partial charge < -0.3 is 29.2 Å². The molecule has 3 heterocycles.